The first-order valence-electron chi connectivity index (χ1n) is 8.88. The van der Waals surface area contributed by atoms with Gasteiger partial charge in [0.2, 0.25) is 0 Å². The largest absolute Gasteiger partial charge is 0.375 e. The van der Waals surface area contributed by atoms with Crippen molar-refractivity contribution in [2.45, 2.75) is 12.6 Å². The Hall–Kier alpha value is -0.900. The maximum absolute atomic E-state index is 5.69. The summed E-state index contributed by atoms with van der Waals surface area (Å²) in [5, 5.41) is 6.77. The molecule has 2 bridgehead atoms. The lowest BCUT2D eigenvalue weighted by atomic mass is 10.1. The Bertz CT molecular complexity index is 519. The smallest absolute Gasteiger partial charge is 0.191 e. The third-order valence-corrected chi connectivity index (χ3v) is 4.77. The van der Waals surface area contributed by atoms with E-state index >= 15 is 0 Å². The molecular formula is C18H30IN5O. The van der Waals surface area contributed by atoms with Crippen molar-refractivity contribution < 1.29 is 4.74 Å². The van der Waals surface area contributed by atoms with Gasteiger partial charge in [-0.3, -0.25) is 14.8 Å². The van der Waals surface area contributed by atoms with Gasteiger partial charge >= 0.3 is 0 Å². The van der Waals surface area contributed by atoms with E-state index in [4.69, 9.17) is 4.74 Å². The Labute approximate surface area is 168 Å². The first-order chi connectivity index (χ1) is 11.8. The lowest BCUT2D eigenvalue weighted by Crippen LogP contribution is -2.63. The van der Waals surface area contributed by atoms with Crippen LogP contribution < -0.4 is 10.6 Å². The Morgan fingerprint density at radius 2 is 1.92 bits per heavy atom. The van der Waals surface area contributed by atoms with Crippen LogP contribution in [0.5, 0.6) is 0 Å². The first-order valence-corrected chi connectivity index (χ1v) is 8.88. The Morgan fingerprint density at radius 3 is 2.56 bits per heavy atom. The number of benzene rings is 1. The van der Waals surface area contributed by atoms with E-state index in [1.54, 1.807) is 0 Å². The molecule has 140 valence electrons. The van der Waals surface area contributed by atoms with Crippen molar-refractivity contribution in [3.63, 3.8) is 0 Å². The molecule has 3 aliphatic rings. The number of guanidine groups is 1. The lowest BCUT2D eigenvalue weighted by Gasteiger charge is -2.47. The van der Waals surface area contributed by atoms with Crippen LogP contribution in [0.1, 0.15) is 5.56 Å². The molecule has 4 rings (SSSR count). The van der Waals surface area contributed by atoms with Gasteiger partial charge in [0.15, 0.2) is 5.96 Å². The molecular weight excluding hydrogens is 429 g/mol. The molecule has 3 aliphatic heterocycles. The fourth-order valence-corrected chi connectivity index (χ4v) is 3.36. The number of piperazine rings is 3. The van der Waals surface area contributed by atoms with E-state index in [0.29, 0.717) is 19.3 Å². The molecule has 0 aliphatic carbocycles. The summed E-state index contributed by atoms with van der Waals surface area (Å²) >= 11 is 0. The van der Waals surface area contributed by atoms with Gasteiger partial charge in [0.25, 0.3) is 0 Å². The molecule has 3 heterocycles. The van der Waals surface area contributed by atoms with Crippen molar-refractivity contribution in [1.82, 2.24) is 20.4 Å². The number of ether oxygens (including phenoxy) is 1. The van der Waals surface area contributed by atoms with Crippen LogP contribution in [0.3, 0.4) is 0 Å². The number of rotatable bonds is 7. The van der Waals surface area contributed by atoms with Gasteiger partial charge in [0.1, 0.15) is 0 Å². The van der Waals surface area contributed by atoms with Gasteiger partial charge in [-0.15, -0.1) is 24.0 Å². The molecule has 7 heteroatoms. The molecule has 25 heavy (non-hydrogen) atoms. The molecule has 0 radical (unpaired) electrons. The average molecular weight is 459 g/mol. The molecule has 2 N–H and O–H groups in total. The zero-order valence-electron chi connectivity index (χ0n) is 15.0. The van der Waals surface area contributed by atoms with Gasteiger partial charge in [-0.05, 0) is 5.56 Å². The van der Waals surface area contributed by atoms with Crippen molar-refractivity contribution in [2.75, 3.05) is 59.5 Å². The third kappa shape index (κ3) is 6.40. The zero-order valence-corrected chi connectivity index (χ0v) is 17.3. The molecule has 0 saturated carbocycles. The second-order valence-electron chi connectivity index (χ2n) is 6.41. The predicted octanol–water partition coefficient (Wildman–Crippen LogP) is 0.986. The second kappa shape index (κ2) is 10.9. The third-order valence-electron chi connectivity index (χ3n) is 4.77. The van der Waals surface area contributed by atoms with Crippen molar-refractivity contribution >= 4 is 29.9 Å². The van der Waals surface area contributed by atoms with Crippen molar-refractivity contribution in [2.24, 2.45) is 4.99 Å². The summed E-state index contributed by atoms with van der Waals surface area (Å²) in [6.45, 7) is 9.04. The summed E-state index contributed by atoms with van der Waals surface area (Å²) in [5.41, 5.74) is 1.21. The first kappa shape index (κ1) is 20.4. The molecule has 1 atom stereocenters. The molecule has 0 aromatic heterocycles. The molecule has 0 amide bonds. The van der Waals surface area contributed by atoms with E-state index in [-0.39, 0.29) is 24.0 Å². The lowest BCUT2D eigenvalue weighted by molar-refractivity contribution is 0.0154. The van der Waals surface area contributed by atoms with E-state index in [1.165, 1.54) is 38.3 Å². The van der Waals surface area contributed by atoms with Crippen LogP contribution in [-0.2, 0) is 11.3 Å². The van der Waals surface area contributed by atoms with Crippen LogP contribution in [0.25, 0.3) is 0 Å². The number of hydrogen-bond acceptors (Lipinski definition) is 4. The normalized spacial score (nSPS) is 25.3. The summed E-state index contributed by atoms with van der Waals surface area (Å²) < 4.78 is 5.69. The summed E-state index contributed by atoms with van der Waals surface area (Å²) in [5.74, 6) is 0.857. The van der Waals surface area contributed by atoms with Crippen LogP contribution in [0.15, 0.2) is 35.3 Å². The Morgan fingerprint density at radius 1 is 1.16 bits per heavy atom. The van der Waals surface area contributed by atoms with Crippen LogP contribution in [0, 0.1) is 0 Å². The van der Waals surface area contributed by atoms with Gasteiger partial charge in [-0.2, -0.15) is 0 Å². The quantitative estimate of drug-likeness (QED) is 0.276. The highest BCUT2D eigenvalue weighted by molar-refractivity contribution is 14.0. The molecule has 3 saturated heterocycles. The zero-order chi connectivity index (χ0) is 16.6. The van der Waals surface area contributed by atoms with Crippen LogP contribution in [-0.4, -0.2) is 81.3 Å². The minimum atomic E-state index is 0. The fourth-order valence-electron chi connectivity index (χ4n) is 3.36. The summed E-state index contributed by atoms with van der Waals surface area (Å²) in [4.78, 5) is 9.44. The van der Waals surface area contributed by atoms with E-state index < -0.39 is 0 Å². The number of hydrogen-bond donors (Lipinski definition) is 2. The van der Waals surface area contributed by atoms with E-state index in [0.717, 1.165) is 19.0 Å². The van der Waals surface area contributed by atoms with E-state index in [9.17, 15) is 0 Å². The van der Waals surface area contributed by atoms with Crippen LogP contribution in [0.2, 0.25) is 0 Å². The number of nitrogens with zero attached hydrogens (tertiary/aromatic N) is 3. The number of fused-ring (bicyclic) bond motifs is 3. The number of nitrogens with one attached hydrogen (secondary N) is 2. The molecule has 1 aromatic carbocycles. The molecule has 1 unspecified atom stereocenters. The predicted molar refractivity (Wildman–Crippen MR) is 113 cm³/mol. The second-order valence-corrected chi connectivity index (χ2v) is 6.41. The SMILES string of the molecule is CN=C(NCCOCc1ccccc1)NCC1CN2CCN1CC2.I. The molecule has 1 aromatic rings. The maximum atomic E-state index is 5.69. The van der Waals surface area contributed by atoms with Gasteiger partial charge < -0.3 is 15.4 Å². The number of aliphatic imine (C=N–C) groups is 1. The van der Waals surface area contributed by atoms with Gasteiger partial charge in [0.05, 0.1) is 13.2 Å². The maximum Gasteiger partial charge on any atom is 0.191 e. The van der Waals surface area contributed by atoms with Gasteiger partial charge in [-0.25, -0.2) is 0 Å². The van der Waals surface area contributed by atoms with Gasteiger partial charge in [-0.1, -0.05) is 30.3 Å². The van der Waals surface area contributed by atoms with Crippen LogP contribution >= 0.6 is 24.0 Å². The monoisotopic (exact) mass is 459 g/mol. The molecule has 6 nitrogen and oxygen atoms in total. The van der Waals surface area contributed by atoms with E-state index in [2.05, 4.69) is 37.6 Å². The summed E-state index contributed by atoms with van der Waals surface area (Å²) in [6, 6.07) is 10.8. The Kier molecular flexibility index (Phi) is 8.94. The summed E-state index contributed by atoms with van der Waals surface area (Å²) in [7, 11) is 1.82. The molecule has 0 spiro atoms. The van der Waals surface area contributed by atoms with Crippen molar-refractivity contribution in [1.29, 1.82) is 0 Å². The topological polar surface area (TPSA) is 52.1 Å². The fraction of sp³-hybridized carbons (Fsp3) is 0.611. The minimum absolute atomic E-state index is 0. The summed E-state index contributed by atoms with van der Waals surface area (Å²) in [6.07, 6.45) is 0. The Balaban J connectivity index is 0.00000225. The van der Waals surface area contributed by atoms with Crippen molar-refractivity contribution in [3.8, 4) is 0 Å². The highest BCUT2D eigenvalue weighted by Gasteiger charge is 2.31. The highest BCUT2D eigenvalue weighted by Crippen LogP contribution is 2.14. The minimum Gasteiger partial charge on any atom is -0.375 e. The standard InChI is InChI=1S/C18H29N5O.HI/c1-19-18(20-7-12-24-15-16-5-3-2-4-6-16)21-13-17-14-22-8-10-23(17)11-9-22;/h2-6,17H,7-15H2,1H3,(H2,19,20,21);1H. The van der Waals surface area contributed by atoms with Gasteiger partial charge in [0, 0.05) is 58.9 Å². The van der Waals surface area contributed by atoms with Crippen molar-refractivity contribution in [3.05, 3.63) is 35.9 Å². The van der Waals surface area contributed by atoms with E-state index in [1.807, 2.05) is 25.2 Å². The number of halogens is 1. The highest BCUT2D eigenvalue weighted by atomic mass is 127. The molecule has 3 fully saturated rings. The average Bonchev–Trinajstić information content (AvgIpc) is 2.66. The van der Waals surface area contributed by atoms with Crippen LogP contribution in [0.4, 0.5) is 0 Å².